The van der Waals surface area contributed by atoms with E-state index in [0.29, 0.717) is 6.54 Å². The Morgan fingerprint density at radius 1 is 1.41 bits per heavy atom. The van der Waals surface area contributed by atoms with Gasteiger partial charge in [-0.2, -0.15) is 0 Å². The number of hydrogen-bond acceptors (Lipinski definition) is 5. The molecule has 1 aromatic rings. The zero-order valence-electron chi connectivity index (χ0n) is 11.3. The molecule has 0 saturated heterocycles. The van der Waals surface area contributed by atoms with Crippen LogP contribution < -0.4 is 10.2 Å². The quantitative estimate of drug-likeness (QED) is 0.812. The van der Waals surface area contributed by atoms with Crippen molar-refractivity contribution < 1.29 is 5.11 Å². The number of nitrogens with one attached hydrogen (secondary N) is 1. The lowest BCUT2D eigenvalue weighted by molar-refractivity contribution is 0.0874. The van der Waals surface area contributed by atoms with Crippen molar-refractivity contribution in [2.24, 2.45) is 0 Å². The molecule has 0 aliphatic heterocycles. The third-order valence-corrected chi connectivity index (χ3v) is 2.55. The van der Waals surface area contributed by atoms with Gasteiger partial charge in [0.15, 0.2) is 0 Å². The van der Waals surface area contributed by atoms with Gasteiger partial charge in [0.2, 0.25) is 0 Å². The second-order valence-corrected chi connectivity index (χ2v) is 4.75. The molecule has 5 heteroatoms. The van der Waals surface area contributed by atoms with Crippen LogP contribution in [0, 0.1) is 6.92 Å². The van der Waals surface area contributed by atoms with E-state index in [0.717, 1.165) is 23.7 Å². The highest BCUT2D eigenvalue weighted by molar-refractivity contribution is 5.57. The number of aliphatic hydroxyl groups is 1. The zero-order chi connectivity index (χ0) is 13.1. The zero-order valence-corrected chi connectivity index (χ0v) is 11.3. The van der Waals surface area contributed by atoms with Crippen molar-refractivity contribution in [1.29, 1.82) is 0 Å². The van der Waals surface area contributed by atoms with E-state index in [2.05, 4.69) is 20.2 Å². The van der Waals surface area contributed by atoms with Crippen molar-refractivity contribution in [3.63, 3.8) is 0 Å². The monoisotopic (exact) mass is 238 g/mol. The molecule has 0 aliphatic rings. The minimum Gasteiger partial charge on any atom is -0.389 e. The van der Waals surface area contributed by atoms with Gasteiger partial charge in [-0.1, -0.05) is 0 Å². The fourth-order valence-corrected chi connectivity index (χ4v) is 1.82. The first kappa shape index (κ1) is 13.7. The van der Waals surface area contributed by atoms with Crippen LogP contribution in [0.15, 0.2) is 6.33 Å². The Bertz CT molecular complexity index is 373. The number of anilines is 2. The molecular formula is C12H22N4O. The van der Waals surface area contributed by atoms with Gasteiger partial charge in [-0.15, -0.1) is 0 Å². The standard InChI is InChI=1S/C12H22N4O/c1-6-16(7-12(3,4)17)11-9(2)10(13-5)14-8-15-11/h8,17H,6-7H2,1-5H3,(H,13,14,15). The molecule has 0 atom stereocenters. The summed E-state index contributed by atoms with van der Waals surface area (Å²) in [6.45, 7) is 8.96. The van der Waals surface area contributed by atoms with E-state index >= 15 is 0 Å². The average molecular weight is 238 g/mol. The Kier molecular flexibility index (Phi) is 4.28. The van der Waals surface area contributed by atoms with Crippen molar-refractivity contribution in [2.45, 2.75) is 33.3 Å². The molecule has 17 heavy (non-hydrogen) atoms. The smallest absolute Gasteiger partial charge is 0.137 e. The molecule has 1 heterocycles. The van der Waals surface area contributed by atoms with E-state index in [1.54, 1.807) is 20.2 Å². The van der Waals surface area contributed by atoms with Crippen LogP contribution in [0.1, 0.15) is 26.3 Å². The van der Waals surface area contributed by atoms with Gasteiger partial charge < -0.3 is 15.3 Å². The van der Waals surface area contributed by atoms with Crippen molar-refractivity contribution in [2.75, 3.05) is 30.4 Å². The van der Waals surface area contributed by atoms with Crippen molar-refractivity contribution >= 4 is 11.6 Å². The van der Waals surface area contributed by atoms with E-state index in [1.807, 2.05) is 20.9 Å². The summed E-state index contributed by atoms with van der Waals surface area (Å²) in [6, 6.07) is 0. The molecule has 0 aliphatic carbocycles. The lowest BCUT2D eigenvalue weighted by Gasteiger charge is -2.30. The van der Waals surface area contributed by atoms with Gasteiger partial charge in [0.1, 0.15) is 18.0 Å². The first-order valence-electron chi connectivity index (χ1n) is 5.85. The van der Waals surface area contributed by atoms with E-state index in [-0.39, 0.29) is 0 Å². The summed E-state index contributed by atoms with van der Waals surface area (Å²) in [7, 11) is 1.84. The summed E-state index contributed by atoms with van der Waals surface area (Å²) in [5, 5.41) is 12.9. The van der Waals surface area contributed by atoms with Crippen LogP contribution in [-0.4, -0.2) is 40.8 Å². The van der Waals surface area contributed by atoms with Crippen LogP contribution in [0.25, 0.3) is 0 Å². The molecule has 0 unspecified atom stereocenters. The Morgan fingerprint density at radius 3 is 2.53 bits per heavy atom. The highest BCUT2D eigenvalue weighted by Crippen LogP contribution is 2.23. The van der Waals surface area contributed by atoms with Gasteiger partial charge in [0.25, 0.3) is 0 Å². The highest BCUT2D eigenvalue weighted by atomic mass is 16.3. The maximum absolute atomic E-state index is 9.90. The molecule has 0 fully saturated rings. The van der Waals surface area contributed by atoms with Crippen LogP contribution >= 0.6 is 0 Å². The van der Waals surface area contributed by atoms with E-state index in [1.165, 1.54) is 0 Å². The lowest BCUT2D eigenvalue weighted by Crippen LogP contribution is -2.39. The molecule has 0 radical (unpaired) electrons. The molecular weight excluding hydrogens is 216 g/mol. The molecule has 0 saturated carbocycles. The fourth-order valence-electron chi connectivity index (χ4n) is 1.82. The summed E-state index contributed by atoms with van der Waals surface area (Å²) in [5.41, 5.74) is 0.258. The Hall–Kier alpha value is -1.36. The van der Waals surface area contributed by atoms with E-state index in [4.69, 9.17) is 0 Å². The second kappa shape index (κ2) is 5.31. The topological polar surface area (TPSA) is 61.3 Å². The normalized spacial score (nSPS) is 11.4. The van der Waals surface area contributed by atoms with Gasteiger partial charge >= 0.3 is 0 Å². The van der Waals surface area contributed by atoms with Crippen LogP contribution in [0.2, 0.25) is 0 Å². The average Bonchev–Trinajstić information content (AvgIpc) is 2.25. The molecule has 2 N–H and O–H groups in total. The number of aromatic nitrogens is 2. The van der Waals surface area contributed by atoms with Gasteiger partial charge in [-0.3, -0.25) is 0 Å². The highest BCUT2D eigenvalue weighted by Gasteiger charge is 2.20. The molecule has 0 spiro atoms. The van der Waals surface area contributed by atoms with Crippen molar-refractivity contribution in [3.8, 4) is 0 Å². The van der Waals surface area contributed by atoms with Crippen LogP contribution in [-0.2, 0) is 0 Å². The maximum atomic E-state index is 9.90. The van der Waals surface area contributed by atoms with Crippen LogP contribution in [0.3, 0.4) is 0 Å². The molecule has 0 bridgehead atoms. The predicted molar refractivity (Wildman–Crippen MR) is 70.5 cm³/mol. The van der Waals surface area contributed by atoms with Gasteiger partial charge in [-0.25, -0.2) is 9.97 Å². The first-order valence-corrected chi connectivity index (χ1v) is 5.85. The molecule has 96 valence electrons. The SMILES string of the molecule is CCN(CC(C)(C)O)c1ncnc(NC)c1C. The molecule has 5 nitrogen and oxygen atoms in total. The summed E-state index contributed by atoms with van der Waals surface area (Å²) in [5.74, 6) is 1.69. The van der Waals surface area contributed by atoms with Crippen molar-refractivity contribution in [3.05, 3.63) is 11.9 Å². The minimum absolute atomic E-state index is 0.546. The minimum atomic E-state index is -0.743. The molecule has 0 amide bonds. The molecule has 0 aromatic carbocycles. The largest absolute Gasteiger partial charge is 0.389 e. The number of nitrogens with zero attached hydrogens (tertiary/aromatic N) is 3. The number of hydrogen-bond donors (Lipinski definition) is 2. The Balaban J connectivity index is 3.04. The predicted octanol–water partition coefficient (Wildman–Crippen LogP) is 1.42. The molecule has 1 rings (SSSR count). The Labute approximate surface area is 103 Å². The van der Waals surface area contributed by atoms with Crippen molar-refractivity contribution in [1.82, 2.24) is 9.97 Å². The number of likely N-dealkylation sites (N-methyl/N-ethyl adjacent to an activating group) is 1. The fraction of sp³-hybridized carbons (Fsp3) is 0.667. The third kappa shape index (κ3) is 3.56. The summed E-state index contributed by atoms with van der Waals surface area (Å²) < 4.78 is 0. The molecule has 1 aromatic heterocycles. The number of rotatable bonds is 5. The van der Waals surface area contributed by atoms with Gasteiger partial charge in [0, 0.05) is 25.7 Å². The van der Waals surface area contributed by atoms with Crippen LogP contribution in [0.4, 0.5) is 11.6 Å². The van der Waals surface area contributed by atoms with Gasteiger partial charge in [-0.05, 0) is 27.7 Å². The van der Waals surface area contributed by atoms with E-state index in [9.17, 15) is 5.11 Å². The van der Waals surface area contributed by atoms with Gasteiger partial charge in [0.05, 0.1) is 5.60 Å². The summed E-state index contributed by atoms with van der Waals surface area (Å²) in [4.78, 5) is 10.5. The summed E-state index contributed by atoms with van der Waals surface area (Å²) in [6.07, 6.45) is 1.54. The Morgan fingerprint density at radius 2 is 2.06 bits per heavy atom. The lowest BCUT2D eigenvalue weighted by atomic mass is 10.1. The van der Waals surface area contributed by atoms with E-state index < -0.39 is 5.60 Å². The maximum Gasteiger partial charge on any atom is 0.137 e. The van der Waals surface area contributed by atoms with Crippen LogP contribution in [0.5, 0.6) is 0 Å². The third-order valence-electron chi connectivity index (χ3n) is 2.55. The second-order valence-electron chi connectivity index (χ2n) is 4.75. The first-order chi connectivity index (χ1) is 7.89. The summed E-state index contributed by atoms with van der Waals surface area (Å²) >= 11 is 0.